The van der Waals surface area contributed by atoms with Gasteiger partial charge in [-0.1, -0.05) is 38.6 Å². The molecule has 0 heterocycles. The molecule has 1 saturated carbocycles. The van der Waals surface area contributed by atoms with Gasteiger partial charge in [0.25, 0.3) is 0 Å². The van der Waals surface area contributed by atoms with Crippen molar-refractivity contribution in [3.05, 3.63) is 11.6 Å². The lowest BCUT2D eigenvalue weighted by atomic mass is 9.67. The lowest BCUT2D eigenvalue weighted by Gasteiger charge is -2.33. The Hall–Kier alpha value is -1.21. The van der Waals surface area contributed by atoms with Gasteiger partial charge in [0.15, 0.2) is 5.78 Å². The van der Waals surface area contributed by atoms with Crippen LogP contribution in [0.15, 0.2) is 11.6 Å². The van der Waals surface area contributed by atoms with Crippen LogP contribution in [0.3, 0.4) is 0 Å². The Morgan fingerprint density at radius 1 is 1.35 bits per heavy atom. The van der Waals surface area contributed by atoms with Gasteiger partial charge in [-0.2, -0.15) is 5.26 Å². The van der Waals surface area contributed by atoms with Crippen LogP contribution in [0.2, 0.25) is 19.6 Å². The fourth-order valence-corrected chi connectivity index (χ4v) is 4.58. The van der Waals surface area contributed by atoms with Crippen molar-refractivity contribution in [2.45, 2.75) is 58.2 Å². The number of hydrogen-bond donors (Lipinski definition) is 0. The van der Waals surface area contributed by atoms with E-state index in [1.165, 1.54) is 0 Å². The van der Waals surface area contributed by atoms with Gasteiger partial charge < -0.3 is 4.79 Å². The molecule has 3 nitrogen and oxygen atoms in total. The molecule has 2 aliphatic rings. The Balaban J connectivity index is 2.46. The SMILES string of the molecule is C[Si](C)(C)C(=O)C1=CC[C@@H]2CCCCCC(=O)[C@@]12C#N. The number of nitrogens with zero attached hydrogens (tertiary/aromatic N) is 1. The van der Waals surface area contributed by atoms with Gasteiger partial charge in [0.05, 0.1) is 6.07 Å². The van der Waals surface area contributed by atoms with Crippen molar-refractivity contribution in [3.8, 4) is 6.07 Å². The van der Waals surface area contributed by atoms with Gasteiger partial charge in [-0.3, -0.25) is 4.79 Å². The Labute approximate surface area is 122 Å². The van der Waals surface area contributed by atoms with Crippen molar-refractivity contribution in [2.75, 3.05) is 0 Å². The second kappa shape index (κ2) is 5.29. The van der Waals surface area contributed by atoms with Gasteiger partial charge in [0.1, 0.15) is 18.9 Å². The Kier molecular flexibility index (Phi) is 4.01. The molecule has 108 valence electrons. The zero-order chi connectivity index (χ0) is 15.0. The summed E-state index contributed by atoms with van der Waals surface area (Å²) < 4.78 is 0. The number of rotatable bonds is 2. The molecule has 0 amide bonds. The molecule has 0 unspecified atom stereocenters. The molecule has 0 aromatic heterocycles. The normalized spacial score (nSPS) is 30.8. The highest BCUT2D eigenvalue weighted by Gasteiger charge is 2.54. The number of nitriles is 1. The van der Waals surface area contributed by atoms with Crippen LogP contribution < -0.4 is 0 Å². The average Bonchev–Trinajstić information content (AvgIpc) is 2.72. The third-order valence-corrected chi connectivity index (χ3v) is 6.27. The molecule has 1 fully saturated rings. The number of carbonyl (C=O) groups excluding carboxylic acids is 2. The molecular formula is C16H23NO2Si. The van der Waals surface area contributed by atoms with Crippen molar-refractivity contribution in [1.82, 2.24) is 0 Å². The third-order valence-electron chi connectivity index (χ3n) is 4.64. The van der Waals surface area contributed by atoms with Crippen molar-refractivity contribution in [3.63, 3.8) is 0 Å². The first-order valence-corrected chi connectivity index (χ1v) is 11.0. The summed E-state index contributed by atoms with van der Waals surface area (Å²) >= 11 is 0. The predicted octanol–water partition coefficient (Wildman–Crippen LogP) is 3.42. The fraction of sp³-hybridized carbons (Fsp3) is 0.688. The Bertz CT molecular complexity index is 510. The van der Waals surface area contributed by atoms with Crippen molar-refractivity contribution >= 4 is 19.3 Å². The molecule has 0 aromatic rings. The maximum absolute atomic E-state index is 12.7. The van der Waals surface area contributed by atoms with Crippen LogP contribution in [0.25, 0.3) is 0 Å². The van der Waals surface area contributed by atoms with Crippen molar-refractivity contribution in [1.29, 1.82) is 5.26 Å². The van der Waals surface area contributed by atoms with Crippen LogP contribution in [0.5, 0.6) is 0 Å². The van der Waals surface area contributed by atoms with E-state index in [4.69, 9.17) is 0 Å². The zero-order valence-corrected chi connectivity index (χ0v) is 13.7. The van der Waals surface area contributed by atoms with E-state index in [0.29, 0.717) is 18.4 Å². The summed E-state index contributed by atoms with van der Waals surface area (Å²) in [6.07, 6.45) is 6.91. The minimum atomic E-state index is -2.03. The van der Waals surface area contributed by atoms with E-state index in [9.17, 15) is 14.9 Å². The van der Waals surface area contributed by atoms with Crippen LogP contribution in [0, 0.1) is 22.7 Å². The molecule has 0 saturated heterocycles. The monoisotopic (exact) mass is 289 g/mol. The maximum Gasteiger partial charge on any atom is 0.157 e. The smallest absolute Gasteiger partial charge is 0.157 e. The topological polar surface area (TPSA) is 57.9 Å². The molecule has 0 radical (unpaired) electrons. The van der Waals surface area contributed by atoms with E-state index in [1.807, 2.05) is 25.7 Å². The second-order valence-electron chi connectivity index (χ2n) is 7.07. The predicted molar refractivity (Wildman–Crippen MR) is 80.7 cm³/mol. The lowest BCUT2D eigenvalue weighted by Crippen LogP contribution is -2.45. The summed E-state index contributed by atoms with van der Waals surface area (Å²) in [4.78, 5) is 25.4. The van der Waals surface area contributed by atoms with E-state index >= 15 is 0 Å². The zero-order valence-electron chi connectivity index (χ0n) is 12.7. The highest BCUT2D eigenvalue weighted by molar-refractivity contribution is 7.05. The molecular weight excluding hydrogens is 266 g/mol. The molecule has 0 spiro atoms. The second-order valence-corrected chi connectivity index (χ2v) is 12.0. The molecule has 0 aliphatic heterocycles. The first-order valence-electron chi connectivity index (χ1n) is 7.54. The minimum absolute atomic E-state index is 0.0138. The van der Waals surface area contributed by atoms with Gasteiger partial charge in [0.2, 0.25) is 0 Å². The van der Waals surface area contributed by atoms with E-state index in [1.54, 1.807) is 0 Å². The van der Waals surface area contributed by atoms with E-state index in [-0.39, 0.29) is 17.1 Å². The highest BCUT2D eigenvalue weighted by atomic mass is 28.3. The number of carbonyl (C=O) groups is 2. The fourth-order valence-electron chi connectivity index (χ4n) is 3.47. The van der Waals surface area contributed by atoms with Crippen molar-refractivity contribution < 1.29 is 9.59 Å². The summed E-state index contributed by atoms with van der Waals surface area (Å²) in [7, 11) is -2.03. The molecule has 2 rings (SSSR count). The standard InChI is InChI=1S/C16H23NO2Si/c1-20(2,3)15(19)13-10-9-12-7-5-4-6-8-14(18)16(12,13)11-17/h10,12H,4-9H2,1-3H3/t12-,16+/m0/s1. The molecule has 2 aliphatic carbocycles. The van der Waals surface area contributed by atoms with E-state index < -0.39 is 13.5 Å². The van der Waals surface area contributed by atoms with Gasteiger partial charge >= 0.3 is 0 Å². The van der Waals surface area contributed by atoms with Crippen LogP contribution in [-0.2, 0) is 9.59 Å². The van der Waals surface area contributed by atoms with Crippen molar-refractivity contribution in [2.24, 2.45) is 11.3 Å². The summed E-state index contributed by atoms with van der Waals surface area (Å²) in [5, 5.41) is 9.87. The molecule has 0 aromatic carbocycles. The molecule has 0 bridgehead atoms. The average molecular weight is 289 g/mol. The third kappa shape index (κ3) is 2.29. The van der Waals surface area contributed by atoms with Gasteiger partial charge in [-0.25, -0.2) is 0 Å². The van der Waals surface area contributed by atoms with Crippen LogP contribution >= 0.6 is 0 Å². The first kappa shape index (κ1) is 15.2. The maximum atomic E-state index is 12.7. The van der Waals surface area contributed by atoms with Gasteiger partial charge in [-0.15, -0.1) is 0 Å². The lowest BCUT2D eigenvalue weighted by molar-refractivity contribution is -0.128. The summed E-state index contributed by atoms with van der Waals surface area (Å²) in [6, 6.07) is 2.28. The number of Topliss-reactive ketones (excluding diaryl/α,β-unsaturated/α-hetero) is 1. The molecule has 2 atom stereocenters. The summed E-state index contributed by atoms with van der Waals surface area (Å²) in [5.74, 6) is 0.00986. The number of fused-ring (bicyclic) bond motifs is 1. The van der Waals surface area contributed by atoms with Gasteiger partial charge in [0, 0.05) is 12.0 Å². The molecule has 0 N–H and O–H groups in total. The number of ketones is 1. The van der Waals surface area contributed by atoms with Gasteiger partial charge in [-0.05, 0) is 25.2 Å². The van der Waals surface area contributed by atoms with Crippen LogP contribution in [0.4, 0.5) is 0 Å². The Morgan fingerprint density at radius 3 is 2.65 bits per heavy atom. The molecule has 4 heteroatoms. The summed E-state index contributed by atoms with van der Waals surface area (Å²) in [5.41, 5.74) is -0.589. The molecule has 20 heavy (non-hydrogen) atoms. The first-order chi connectivity index (χ1) is 9.34. The minimum Gasteiger partial charge on any atom is -0.300 e. The van der Waals surface area contributed by atoms with E-state index in [2.05, 4.69) is 6.07 Å². The summed E-state index contributed by atoms with van der Waals surface area (Å²) in [6.45, 7) is 5.96. The van der Waals surface area contributed by atoms with Crippen LogP contribution in [0.1, 0.15) is 38.5 Å². The van der Waals surface area contributed by atoms with E-state index in [0.717, 1.165) is 25.7 Å². The quantitative estimate of drug-likeness (QED) is 0.732. The van der Waals surface area contributed by atoms with Crippen LogP contribution in [-0.4, -0.2) is 19.3 Å². The number of allylic oxidation sites excluding steroid dienone is 2. The number of hydrogen-bond acceptors (Lipinski definition) is 3. The largest absolute Gasteiger partial charge is 0.300 e. The highest BCUT2D eigenvalue weighted by Crippen LogP contribution is 2.49. The Morgan fingerprint density at radius 2 is 2.05 bits per heavy atom.